The fourth-order valence-electron chi connectivity index (χ4n) is 7.55. The maximum Gasteiger partial charge on any atom is 0.306 e. The summed E-state index contributed by atoms with van der Waals surface area (Å²) in [5.41, 5.74) is 2.97. The minimum atomic E-state index is 0.0513. The van der Waals surface area contributed by atoms with Crippen LogP contribution in [0.5, 0.6) is 5.75 Å². The number of fused-ring (bicyclic) bond motifs is 5. The predicted molar refractivity (Wildman–Crippen MR) is 114 cm³/mol. The maximum atomic E-state index is 12.6. The second kappa shape index (κ2) is 7.63. The summed E-state index contributed by atoms with van der Waals surface area (Å²) >= 11 is 0. The zero-order valence-electron chi connectivity index (χ0n) is 17.9. The number of hydrogen-bond donors (Lipinski definition) is 1. The topological polar surface area (TPSA) is 46.5 Å². The second-order valence-corrected chi connectivity index (χ2v) is 10.6. The van der Waals surface area contributed by atoms with E-state index in [1.54, 1.807) is 0 Å². The summed E-state index contributed by atoms with van der Waals surface area (Å²) in [4.78, 5) is 12.6. The van der Waals surface area contributed by atoms with Crippen molar-refractivity contribution in [3.8, 4) is 5.75 Å². The van der Waals surface area contributed by atoms with E-state index in [2.05, 4.69) is 13.0 Å². The molecular weight excluding hydrogens is 360 g/mol. The van der Waals surface area contributed by atoms with Gasteiger partial charge in [0.25, 0.3) is 0 Å². The van der Waals surface area contributed by atoms with Crippen LogP contribution >= 0.6 is 0 Å². The molecule has 3 saturated carbocycles. The van der Waals surface area contributed by atoms with Crippen molar-refractivity contribution >= 4 is 5.97 Å². The van der Waals surface area contributed by atoms with E-state index in [1.807, 2.05) is 12.1 Å². The number of phenolic OH excluding ortho intramolecular Hbond substituents is 1. The van der Waals surface area contributed by atoms with Gasteiger partial charge in [-0.1, -0.05) is 38.7 Å². The number of benzene rings is 1. The molecule has 5 atom stereocenters. The van der Waals surface area contributed by atoms with Gasteiger partial charge in [-0.3, -0.25) is 4.79 Å². The van der Waals surface area contributed by atoms with Gasteiger partial charge in [-0.25, -0.2) is 0 Å². The van der Waals surface area contributed by atoms with Crippen molar-refractivity contribution in [2.24, 2.45) is 23.2 Å². The lowest BCUT2D eigenvalue weighted by molar-refractivity contribution is -0.157. The Kier molecular flexibility index (Phi) is 5.12. The first-order chi connectivity index (χ1) is 14.0. The summed E-state index contributed by atoms with van der Waals surface area (Å²) in [6.07, 6.45) is 13.9. The van der Waals surface area contributed by atoms with Crippen molar-refractivity contribution in [2.75, 3.05) is 0 Å². The molecule has 4 aliphatic carbocycles. The molecule has 0 radical (unpaired) electrons. The minimum absolute atomic E-state index is 0.0513. The third-order valence-corrected chi connectivity index (χ3v) is 9.13. The van der Waals surface area contributed by atoms with Gasteiger partial charge in [-0.15, -0.1) is 0 Å². The van der Waals surface area contributed by atoms with Gasteiger partial charge < -0.3 is 9.84 Å². The van der Waals surface area contributed by atoms with Crippen LogP contribution in [0.15, 0.2) is 18.2 Å². The van der Waals surface area contributed by atoms with Crippen LogP contribution in [0.3, 0.4) is 0 Å². The van der Waals surface area contributed by atoms with E-state index < -0.39 is 0 Å². The van der Waals surface area contributed by atoms with Gasteiger partial charge >= 0.3 is 5.97 Å². The summed E-state index contributed by atoms with van der Waals surface area (Å²) in [5.74, 6) is 3.19. The van der Waals surface area contributed by atoms with Crippen molar-refractivity contribution in [2.45, 2.75) is 96.0 Å². The first-order valence-corrected chi connectivity index (χ1v) is 12.1. The molecule has 0 bridgehead atoms. The van der Waals surface area contributed by atoms with E-state index in [-0.39, 0.29) is 17.5 Å². The maximum absolute atomic E-state index is 12.6. The quantitative estimate of drug-likeness (QED) is 0.623. The van der Waals surface area contributed by atoms with Gasteiger partial charge in [0.1, 0.15) is 11.9 Å². The molecule has 4 aliphatic rings. The number of ether oxygens (including phenoxy) is 1. The lowest BCUT2D eigenvalue weighted by atomic mass is 9.55. The molecule has 5 rings (SSSR count). The number of rotatable bonds is 4. The van der Waals surface area contributed by atoms with Gasteiger partial charge in [-0.05, 0) is 91.9 Å². The van der Waals surface area contributed by atoms with Crippen molar-refractivity contribution in [1.29, 1.82) is 0 Å². The van der Waals surface area contributed by atoms with E-state index in [0.717, 1.165) is 31.6 Å². The Labute approximate surface area is 175 Å². The number of phenols is 1. The molecule has 0 saturated heterocycles. The second-order valence-electron chi connectivity index (χ2n) is 10.6. The molecule has 3 heteroatoms. The summed E-state index contributed by atoms with van der Waals surface area (Å²) in [5, 5.41) is 9.86. The first-order valence-electron chi connectivity index (χ1n) is 12.1. The number of aromatic hydroxyl groups is 1. The molecule has 1 aromatic carbocycles. The number of hydrogen-bond acceptors (Lipinski definition) is 3. The zero-order valence-corrected chi connectivity index (χ0v) is 17.9. The van der Waals surface area contributed by atoms with Crippen molar-refractivity contribution < 1.29 is 14.6 Å². The molecule has 1 aromatic rings. The summed E-state index contributed by atoms with van der Waals surface area (Å²) in [7, 11) is 0. The Morgan fingerprint density at radius 2 is 1.97 bits per heavy atom. The molecule has 3 nitrogen and oxygen atoms in total. The van der Waals surface area contributed by atoms with Gasteiger partial charge in [0.15, 0.2) is 0 Å². The lowest BCUT2D eigenvalue weighted by Gasteiger charge is -2.50. The average Bonchev–Trinajstić information content (AvgIpc) is 3.34. The fraction of sp³-hybridized carbons (Fsp3) is 0.731. The average molecular weight is 397 g/mol. The van der Waals surface area contributed by atoms with Crippen LogP contribution in [-0.4, -0.2) is 17.2 Å². The Morgan fingerprint density at radius 3 is 2.79 bits per heavy atom. The summed E-state index contributed by atoms with van der Waals surface area (Å²) in [6, 6.07) is 6.00. The largest absolute Gasteiger partial charge is 0.508 e. The Morgan fingerprint density at radius 1 is 1.14 bits per heavy atom. The number of carbonyl (C=O) groups excluding carboxylic acids is 1. The van der Waals surface area contributed by atoms with E-state index in [0.29, 0.717) is 29.9 Å². The van der Waals surface area contributed by atoms with Crippen LogP contribution in [0.4, 0.5) is 0 Å². The molecule has 0 spiro atoms. The minimum Gasteiger partial charge on any atom is -0.508 e. The Bertz CT molecular complexity index is 765. The molecule has 0 aromatic heterocycles. The molecule has 1 N–H and O–H groups in total. The predicted octanol–water partition coefficient (Wildman–Crippen LogP) is 6.13. The normalized spacial score (nSPS) is 36.3. The highest BCUT2D eigenvalue weighted by atomic mass is 16.5. The first kappa shape index (κ1) is 19.5. The zero-order chi connectivity index (χ0) is 20.0. The highest BCUT2D eigenvalue weighted by Gasteiger charge is 2.56. The Hall–Kier alpha value is -1.51. The van der Waals surface area contributed by atoms with E-state index >= 15 is 0 Å². The van der Waals surface area contributed by atoms with Crippen LogP contribution < -0.4 is 0 Å². The number of aryl methyl sites for hydroxylation is 1. The lowest BCUT2D eigenvalue weighted by Crippen LogP contribution is -2.45. The van der Waals surface area contributed by atoms with Crippen LogP contribution in [0.2, 0.25) is 0 Å². The molecule has 3 fully saturated rings. The number of carbonyl (C=O) groups is 1. The summed E-state index contributed by atoms with van der Waals surface area (Å²) in [6.45, 7) is 2.40. The highest BCUT2D eigenvalue weighted by molar-refractivity contribution is 5.69. The third-order valence-electron chi connectivity index (χ3n) is 9.13. The van der Waals surface area contributed by atoms with Crippen LogP contribution in [0.25, 0.3) is 0 Å². The monoisotopic (exact) mass is 396 g/mol. The van der Waals surface area contributed by atoms with Gasteiger partial charge in [0.2, 0.25) is 0 Å². The van der Waals surface area contributed by atoms with E-state index in [1.165, 1.54) is 56.1 Å². The smallest absolute Gasteiger partial charge is 0.306 e. The van der Waals surface area contributed by atoms with Gasteiger partial charge in [-0.2, -0.15) is 0 Å². The molecule has 0 unspecified atom stereocenters. The molecule has 0 heterocycles. The third kappa shape index (κ3) is 3.49. The van der Waals surface area contributed by atoms with E-state index in [4.69, 9.17) is 4.74 Å². The molecule has 29 heavy (non-hydrogen) atoms. The fourth-order valence-corrected chi connectivity index (χ4v) is 7.55. The van der Waals surface area contributed by atoms with Crippen LogP contribution in [0, 0.1) is 23.2 Å². The van der Waals surface area contributed by atoms with Crippen LogP contribution in [-0.2, 0) is 16.0 Å². The molecule has 158 valence electrons. The van der Waals surface area contributed by atoms with Gasteiger partial charge in [0.05, 0.1) is 0 Å². The Balaban J connectivity index is 1.25. The van der Waals surface area contributed by atoms with Crippen LogP contribution in [0.1, 0.15) is 94.6 Å². The molecule has 0 aliphatic heterocycles. The molecule has 0 amide bonds. The van der Waals surface area contributed by atoms with Crippen molar-refractivity contribution in [3.05, 3.63) is 29.3 Å². The SMILES string of the molecule is C[C@]12CC[C@@H]3c4ccc(O)cc4CC[C@@H]3[C@@H]1CC[C@@H]2OC(=O)CCC1CCCC1. The van der Waals surface area contributed by atoms with Crippen molar-refractivity contribution in [3.63, 3.8) is 0 Å². The summed E-state index contributed by atoms with van der Waals surface area (Å²) < 4.78 is 6.14. The highest BCUT2D eigenvalue weighted by Crippen LogP contribution is 2.61. The van der Waals surface area contributed by atoms with Gasteiger partial charge in [0, 0.05) is 11.8 Å². The number of esters is 1. The molecular formula is C26H36O3. The van der Waals surface area contributed by atoms with Crippen molar-refractivity contribution in [1.82, 2.24) is 0 Å². The van der Waals surface area contributed by atoms with E-state index in [9.17, 15) is 9.90 Å². The standard InChI is InChI=1S/C26H36O3/c1-26-15-14-21-20-10-8-19(27)16-18(20)7-9-22(21)23(26)11-12-24(26)29-25(28)13-6-17-4-2-3-5-17/h8,10,16-17,21-24,27H,2-7,9,11-15H2,1H3/t21-,22+,23+,24+,26+/m1/s1.